The van der Waals surface area contributed by atoms with Gasteiger partial charge < -0.3 is 20.3 Å². The summed E-state index contributed by atoms with van der Waals surface area (Å²) in [5, 5.41) is 5.62. The molecule has 0 aliphatic carbocycles. The third-order valence-corrected chi connectivity index (χ3v) is 5.86. The number of benzene rings is 2. The fourth-order valence-electron chi connectivity index (χ4n) is 4.16. The lowest BCUT2D eigenvalue weighted by Gasteiger charge is -2.35. The number of anilines is 2. The van der Waals surface area contributed by atoms with Gasteiger partial charge in [0.25, 0.3) is 0 Å². The van der Waals surface area contributed by atoms with Crippen LogP contribution in [0.5, 0.6) is 0 Å². The zero-order valence-corrected chi connectivity index (χ0v) is 19.7. The van der Waals surface area contributed by atoms with Crippen molar-refractivity contribution in [2.75, 3.05) is 57.2 Å². The molecular formula is C25H34N4O3. The summed E-state index contributed by atoms with van der Waals surface area (Å²) in [7, 11) is 4.01. The molecule has 0 spiro atoms. The molecule has 2 N–H and O–H groups in total. The Balaban J connectivity index is 1.69. The van der Waals surface area contributed by atoms with E-state index in [0.29, 0.717) is 25.4 Å². The number of nitrogens with one attached hydrogen (secondary N) is 2. The summed E-state index contributed by atoms with van der Waals surface area (Å²) in [6, 6.07) is 12.3. The van der Waals surface area contributed by atoms with E-state index in [9.17, 15) is 9.59 Å². The standard InChI is InChI=1S/C25H34N4O3/c1-17-14-18(2)23(19(3)15-17)27-25(31)24(30)26-16-22(29-10-12-32-13-11-29)20-6-8-21(9-7-20)28(4)5/h6-9,14-15,22H,10-13,16H2,1-5H3,(H,26,30)(H,27,31)/t22-/m1/s1. The first-order valence-corrected chi connectivity index (χ1v) is 11.0. The molecule has 2 aromatic carbocycles. The second-order valence-corrected chi connectivity index (χ2v) is 8.59. The van der Waals surface area contributed by atoms with E-state index in [1.165, 1.54) is 0 Å². The number of carbonyl (C=O) groups is 2. The minimum atomic E-state index is -0.649. The molecule has 0 unspecified atom stereocenters. The number of ether oxygens (including phenoxy) is 1. The van der Waals surface area contributed by atoms with E-state index in [2.05, 4.69) is 44.7 Å². The quantitative estimate of drug-likeness (QED) is 0.679. The number of amides is 2. The largest absolute Gasteiger partial charge is 0.379 e. The highest BCUT2D eigenvalue weighted by Gasteiger charge is 2.25. The lowest BCUT2D eigenvalue weighted by atomic mass is 10.0. The maximum absolute atomic E-state index is 12.6. The molecule has 1 fully saturated rings. The van der Waals surface area contributed by atoms with Crippen molar-refractivity contribution < 1.29 is 14.3 Å². The Morgan fingerprint density at radius 3 is 2.16 bits per heavy atom. The van der Waals surface area contributed by atoms with Gasteiger partial charge in [-0.25, -0.2) is 0 Å². The number of nitrogens with zero attached hydrogens (tertiary/aromatic N) is 2. The van der Waals surface area contributed by atoms with E-state index < -0.39 is 11.8 Å². The normalized spacial score (nSPS) is 15.2. The molecule has 3 rings (SSSR count). The lowest BCUT2D eigenvalue weighted by Crippen LogP contribution is -2.45. The fraction of sp³-hybridized carbons (Fsp3) is 0.440. The van der Waals surface area contributed by atoms with Crippen LogP contribution in [0.3, 0.4) is 0 Å². The van der Waals surface area contributed by atoms with Gasteiger partial charge in [-0.2, -0.15) is 0 Å². The zero-order chi connectivity index (χ0) is 23.3. The maximum Gasteiger partial charge on any atom is 0.313 e. The third-order valence-electron chi connectivity index (χ3n) is 5.86. The minimum Gasteiger partial charge on any atom is -0.379 e. The molecule has 1 heterocycles. The molecule has 7 nitrogen and oxygen atoms in total. The Labute approximate surface area is 190 Å². The van der Waals surface area contributed by atoms with Crippen molar-refractivity contribution in [3.63, 3.8) is 0 Å². The molecule has 32 heavy (non-hydrogen) atoms. The molecule has 0 aromatic heterocycles. The summed E-state index contributed by atoms with van der Waals surface area (Å²) in [5.74, 6) is -1.28. The highest BCUT2D eigenvalue weighted by molar-refractivity contribution is 6.39. The Bertz CT molecular complexity index is 927. The SMILES string of the molecule is Cc1cc(C)c(NC(=O)C(=O)NC[C@H](c2ccc(N(C)C)cc2)N2CCOCC2)c(C)c1. The van der Waals surface area contributed by atoms with Crippen LogP contribution in [-0.2, 0) is 14.3 Å². The van der Waals surface area contributed by atoms with Crippen LogP contribution in [0.25, 0.3) is 0 Å². The van der Waals surface area contributed by atoms with Gasteiger partial charge in [-0.1, -0.05) is 29.8 Å². The van der Waals surface area contributed by atoms with E-state index in [-0.39, 0.29) is 6.04 Å². The van der Waals surface area contributed by atoms with Gasteiger partial charge in [0.1, 0.15) is 0 Å². The Morgan fingerprint density at radius 1 is 1.00 bits per heavy atom. The number of hydrogen-bond donors (Lipinski definition) is 2. The van der Waals surface area contributed by atoms with Gasteiger partial charge in [0.05, 0.1) is 19.3 Å². The van der Waals surface area contributed by atoms with E-state index in [0.717, 1.165) is 41.0 Å². The van der Waals surface area contributed by atoms with E-state index in [1.807, 2.05) is 47.0 Å². The Hall–Kier alpha value is -2.90. The highest BCUT2D eigenvalue weighted by atomic mass is 16.5. The molecule has 1 aliphatic rings. The predicted octanol–water partition coefficient (Wildman–Crippen LogP) is 2.81. The summed E-state index contributed by atoms with van der Waals surface area (Å²) in [4.78, 5) is 29.6. The summed E-state index contributed by atoms with van der Waals surface area (Å²) in [6.07, 6.45) is 0. The average molecular weight is 439 g/mol. The van der Waals surface area contributed by atoms with Gasteiger partial charge in [-0.3, -0.25) is 14.5 Å². The van der Waals surface area contributed by atoms with Crippen molar-refractivity contribution in [2.45, 2.75) is 26.8 Å². The monoisotopic (exact) mass is 438 g/mol. The van der Waals surface area contributed by atoms with Crippen molar-refractivity contribution in [1.29, 1.82) is 0 Å². The first-order chi connectivity index (χ1) is 15.3. The smallest absolute Gasteiger partial charge is 0.313 e. The summed E-state index contributed by atoms with van der Waals surface area (Å²) in [6.45, 7) is 9.10. The Kier molecular flexibility index (Phi) is 7.88. The molecular weight excluding hydrogens is 404 g/mol. The van der Waals surface area contributed by atoms with Crippen molar-refractivity contribution >= 4 is 23.2 Å². The highest BCUT2D eigenvalue weighted by Crippen LogP contribution is 2.24. The minimum absolute atomic E-state index is 0.0327. The van der Waals surface area contributed by atoms with Crippen molar-refractivity contribution in [3.05, 3.63) is 58.7 Å². The summed E-state index contributed by atoms with van der Waals surface area (Å²) in [5.41, 5.74) is 5.91. The molecule has 0 saturated carbocycles. The number of hydrogen-bond acceptors (Lipinski definition) is 5. The van der Waals surface area contributed by atoms with Crippen molar-refractivity contribution in [2.24, 2.45) is 0 Å². The van der Waals surface area contributed by atoms with Gasteiger partial charge in [-0.15, -0.1) is 0 Å². The second kappa shape index (κ2) is 10.6. The zero-order valence-electron chi connectivity index (χ0n) is 19.7. The molecule has 1 saturated heterocycles. The molecule has 1 aliphatic heterocycles. The van der Waals surface area contributed by atoms with E-state index in [1.54, 1.807) is 0 Å². The Morgan fingerprint density at radius 2 is 1.59 bits per heavy atom. The van der Waals surface area contributed by atoms with Gasteiger partial charge >= 0.3 is 11.8 Å². The van der Waals surface area contributed by atoms with Crippen LogP contribution in [0.2, 0.25) is 0 Å². The van der Waals surface area contributed by atoms with E-state index in [4.69, 9.17) is 4.74 Å². The van der Waals surface area contributed by atoms with Crippen LogP contribution in [-0.4, -0.2) is 63.7 Å². The van der Waals surface area contributed by atoms with Gasteiger partial charge in [0.15, 0.2) is 0 Å². The average Bonchev–Trinajstić information content (AvgIpc) is 2.77. The molecule has 2 amide bonds. The first kappa shape index (κ1) is 23.8. The van der Waals surface area contributed by atoms with Crippen LogP contribution in [0.4, 0.5) is 11.4 Å². The molecule has 7 heteroatoms. The second-order valence-electron chi connectivity index (χ2n) is 8.59. The number of aryl methyl sites for hydroxylation is 3. The van der Waals surface area contributed by atoms with Gasteiger partial charge in [0, 0.05) is 45.1 Å². The fourth-order valence-corrected chi connectivity index (χ4v) is 4.16. The van der Waals surface area contributed by atoms with Gasteiger partial charge in [-0.05, 0) is 49.6 Å². The van der Waals surface area contributed by atoms with Crippen LogP contribution in [0.15, 0.2) is 36.4 Å². The maximum atomic E-state index is 12.6. The molecule has 172 valence electrons. The van der Waals surface area contributed by atoms with Crippen LogP contribution >= 0.6 is 0 Å². The number of carbonyl (C=O) groups excluding carboxylic acids is 2. The van der Waals surface area contributed by atoms with Gasteiger partial charge in [0.2, 0.25) is 0 Å². The predicted molar refractivity (Wildman–Crippen MR) is 128 cm³/mol. The molecule has 1 atom stereocenters. The van der Waals surface area contributed by atoms with Crippen molar-refractivity contribution in [1.82, 2.24) is 10.2 Å². The molecule has 0 bridgehead atoms. The van der Waals surface area contributed by atoms with Crippen LogP contribution in [0, 0.1) is 20.8 Å². The topological polar surface area (TPSA) is 73.9 Å². The molecule has 0 radical (unpaired) electrons. The van der Waals surface area contributed by atoms with Crippen LogP contribution in [0.1, 0.15) is 28.3 Å². The van der Waals surface area contributed by atoms with Crippen molar-refractivity contribution in [3.8, 4) is 0 Å². The van der Waals surface area contributed by atoms with E-state index >= 15 is 0 Å². The number of rotatable bonds is 6. The summed E-state index contributed by atoms with van der Waals surface area (Å²) >= 11 is 0. The molecule has 2 aromatic rings. The summed E-state index contributed by atoms with van der Waals surface area (Å²) < 4.78 is 5.50. The third kappa shape index (κ3) is 5.87. The number of morpholine rings is 1. The lowest BCUT2D eigenvalue weighted by molar-refractivity contribution is -0.136. The van der Waals surface area contributed by atoms with Crippen LogP contribution < -0.4 is 15.5 Å². The first-order valence-electron chi connectivity index (χ1n) is 11.0.